The average molecular weight is 276 g/mol. The fourth-order valence-corrected chi connectivity index (χ4v) is 3.28. The first-order valence-electron chi connectivity index (χ1n) is 4.30. The molecule has 0 radical (unpaired) electrons. The molecule has 14 heavy (non-hydrogen) atoms. The minimum Gasteiger partial charge on any atom is -0.486 e. The molecule has 1 saturated heterocycles. The number of hydrogen-bond acceptors (Lipinski definition) is 3. The van der Waals surface area contributed by atoms with Gasteiger partial charge in [-0.15, -0.1) is 11.3 Å². The van der Waals surface area contributed by atoms with Crippen LogP contribution in [0.1, 0.15) is 17.2 Å². The van der Waals surface area contributed by atoms with Crippen molar-refractivity contribution in [2.45, 2.75) is 12.3 Å². The molecule has 1 aromatic rings. The van der Waals surface area contributed by atoms with Gasteiger partial charge < -0.3 is 10.1 Å². The number of halogens is 1. The van der Waals surface area contributed by atoms with E-state index in [1.54, 1.807) is 18.4 Å². The van der Waals surface area contributed by atoms with E-state index in [1.807, 2.05) is 6.07 Å². The van der Waals surface area contributed by atoms with Gasteiger partial charge in [-0.2, -0.15) is 0 Å². The largest absolute Gasteiger partial charge is 0.486 e. The molecule has 1 amide bonds. The van der Waals surface area contributed by atoms with Crippen LogP contribution in [0.15, 0.2) is 10.5 Å². The van der Waals surface area contributed by atoms with Gasteiger partial charge in [0.05, 0.1) is 11.6 Å². The molecule has 0 spiro atoms. The molecule has 2 rings (SSSR count). The summed E-state index contributed by atoms with van der Waals surface area (Å²) in [5, 5.41) is 3.70. The Morgan fingerprint density at radius 1 is 1.71 bits per heavy atom. The molecule has 1 N–H and O–H groups in total. The first-order valence-corrected chi connectivity index (χ1v) is 5.91. The van der Waals surface area contributed by atoms with Gasteiger partial charge in [0.1, 0.15) is 0 Å². The molecule has 76 valence electrons. The second-order valence-electron chi connectivity index (χ2n) is 3.19. The summed E-state index contributed by atoms with van der Waals surface area (Å²) in [4.78, 5) is 12.2. The van der Waals surface area contributed by atoms with Gasteiger partial charge >= 0.3 is 0 Å². The summed E-state index contributed by atoms with van der Waals surface area (Å²) in [7, 11) is 1.65. The van der Waals surface area contributed by atoms with Crippen molar-refractivity contribution in [3.8, 4) is 5.06 Å². The molecule has 1 aliphatic heterocycles. The lowest BCUT2D eigenvalue weighted by atomic mass is 10.1. The van der Waals surface area contributed by atoms with Crippen molar-refractivity contribution in [2.75, 3.05) is 13.7 Å². The molecule has 1 aromatic heterocycles. The van der Waals surface area contributed by atoms with Crippen LogP contribution in [-0.2, 0) is 4.79 Å². The molecule has 3 nitrogen and oxygen atoms in total. The highest BCUT2D eigenvalue weighted by Crippen LogP contribution is 2.39. The summed E-state index contributed by atoms with van der Waals surface area (Å²) in [6.07, 6.45) is 0.593. The van der Waals surface area contributed by atoms with E-state index in [2.05, 4.69) is 21.2 Å². The Bertz CT molecular complexity index is 364. The lowest BCUT2D eigenvalue weighted by Gasteiger charge is -2.01. The van der Waals surface area contributed by atoms with Crippen molar-refractivity contribution < 1.29 is 9.53 Å². The molecular formula is C9H10BrNO2S. The molecule has 5 heteroatoms. The van der Waals surface area contributed by atoms with Crippen molar-refractivity contribution in [2.24, 2.45) is 0 Å². The van der Waals surface area contributed by atoms with Crippen molar-refractivity contribution >= 4 is 33.2 Å². The van der Waals surface area contributed by atoms with Crippen LogP contribution < -0.4 is 10.1 Å². The number of nitrogens with one attached hydrogen (secondary N) is 1. The van der Waals surface area contributed by atoms with Crippen molar-refractivity contribution in [1.82, 2.24) is 5.32 Å². The Morgan fingerprint density at radius 2 is 2.50 bits per heavy atom. The molecule has 1 atom stereocenters. The summed E-state index contributed by atoms with van der Waals surface area (Å²) in [5.41, 5.74) is 0. The van der Waals surface area contributed by atoms with E-state index in [9.17, 15) is 4.79 Å². The topological polar surface area (TPSA) is 38.3 Å². The highest BCUT2D eigenvalue weighted by Gasteiger charge is 2.25. The second kappa shape index (κ2) is 3.90. The summed E-state index contributed by atoms with van der Waals surface area (Å²) in [6, 6.07) is 2.04. The Kier molecular flexibility index (Phi) is 2.78. The summed E-state index contributed by atoms with van der Waals surface area (Å²) < 4.78 is 6.15. The average Bonchev–Trinajstić information content (AvgIpc) is 2.71. The SMILES string of the molecule is COc1sc(C2CNC(=O)C2)cc1Br. The number of methoxy groups -OCH3 is 1. The maximum absolute atomic E-state index is 11.0. The predicted molar refractivity (Wildman–Crippen MR) is 58.9 cm³/mol. The van der Waals surface area contributed by atoms with Gasteiger partial charge in [0.15, 0.2) is 5.06 Å². The Hall–Kier alpha value is -0.550. The van der Waals surface area contributed by atoms with Gasteiger partial charge in [0.25, 0.3) is 0 Å². The number of ether oxygens (including phenoxy) is 1. The summed E-state index contributed by atoms with van der Waals surface area (Å²) in [6.45, 7) is 0.745. The lowest BCUT2D eigenvalue weighted by molar-refractivity contribution is -0.119. The maximum atomic E-state index is 11.0. The smallest absolute Gasteiger partial charge is 0.220 e. The van der Waals surface area contributed by atoms with Crippen molar-refractivity contribution in [1.29, 1.82) is 0 Å². The first kappa shape index (κ1) is 9.98. The van der Waals surface area contributed by atoms with Gasteiger partial charge in [-0.25, -0.2) is 0 Å². The van der Waals surface area contributed by atoms with Crippen LogP contribution in [0.25, 0.3) is 0 Å². The van der Waals surface area contributed by atoms with E-state index in [4.69, 9.17) is 4.74 Å². The van der Waals surface area contributed by atoms with Crippen LogP contribution in [0.5, 0.6) is 5.06 Å². The lowest BCUT2D eigenvalue weighted by Crippen LogP contribution is -2.13. The maximum Gasteiger partial charge on any atom is 0.220 e. The molecule has 0 saturated carbocycles. The quantitative estimate of drug-likeness (QED) is 0.898. The minimum atomic E-state index is 0.137. The zero-order chi connectivity index (χ0) is 10.1. The predicted octanol–water partition coefficient (Wildman–Crippen LogP) is 2.12. The fourth-order valence-electron chi connectivity index (χ4n) is 1.52. The van der Waals surface area contributed by atoms with Crippen molar-refractivity contribution in [3.63, 3.8) is 0 Å². The number of carbonyl (C=O) groups excluding carboxylic acids is 1. The third kappa shape index (κ3) is 1.79. The molecule has 0 bridgehead atoms. The summed E-state index contributed by atoms with van der Waals surface area (Å²) in [5.74, 6) is 0.450. The fraction of sp³-hybridized carbons (Fsp3) is 0.444. The Balaban J connectivity index is 2.20. The third-order valence-electron chi connectivity index (χ3n) is 2.24. The molecule has 1 unspecified atom stereocenters. The number of carbonyl (C=O) groups is 1. The van der Waals surface area contributed by atoms with Crippen LogP contribution >= 0.6 is 27.3 Å². The zero-order valence-corrected chi connectivity index (χ0v) is 10.1. The van der Waals surface area contributed by atoms with E-state index in [1.165, 1.54) is 4.88 Å². The van der Waals surface area contributed by atoms with E-state index < -0.39 is 0 Å². The molecular weight excluding hydrogens is 266 g/mol. The number of thiophene rings is 1. The number of hydrogen-bond donors (Lipinski definition) is 1. The molecule has 0 aliphatic carbocycles. The van der Waals surface area contributed by atoms with E-state index >= 15 is 0 Å². The first-order chi connectivity index (χ1) is 6.70. The van der Waals surface area contributed by atoms with E-state index in [-0.39, 0.29) is 5.91 Å². The number of amides is 1. The molecule has 0 aromatic carbocycles. The Morgan fingerprint density at radius 3 is 3.00 bits per heavy atom. The van der Waals surface area contributed by atoms with Crippen LogP contribution in [-0.4, -0.2) is 19.6 Å². The van der Waals surface area contributed by atoms with Crippen molar-refractivity contribution in [3.05, 3.63) is 15.4 Å². The van der Waals surface area contributed by atoms with Gasteiger partial charge in [0.2, 0.25) is 5.91 Å². The van der Waals surface area contributed by atoms with Gasteiger partial charge in [-0.3, -0.25) is 4.79 Å². The van der Waals surface area contributed by atoms with E-state index in [0.29, 0.717) is 12.3 Å². The van der Waals surface area contributed by atoms with E-state index in [0.717, 1.165) is 16.1 Å². The molecule has 1 aliphatic rings. The highest BCUT2D eigenvalue weighted by molar-refractivity contribution is 9.10. The second-order valence-corrected chi connectivity index (χ2v) is 5.09. The monoisotopic (exact) mass is 275 g/mol. The highest BCUT2D eigenvalue weighted by atomic mass is 79.9. The van der Waals surface area contributed by atoms with Crippen LogP contribution in [0, 0.1) is 0 Å². The molecule has 1 fully saturated rings. The molecule has 2 heterocycles. The van der Waals surface area contributed by atoms with Crippen LogP contribution in [0.2, 0.25) is 0 Å². The third-order valence-corrected chi connectivity index (χ3v) is 4.35. The van der Waals surface area contributed by atoms with Gasteiger partial charge in [-0.1, -0.05) is 0 Å². The number of rotatable bonds is 2. The Labute approximate surface area is 94.6 Å². The summed E-state index contributed by atoms with van der Waals surface area (Å²) >= 11 is 5.02. The van der Waals surface area contributed by atoms with Gasteiger partial charge in [-0.05, 0) is 22.0 Å². The normalized spacial score (nSPS) is 21.0. The minimum absolute atomic E-state index is 0.137. The van der Waals surface area contributed by atoms with Crippen LogP contribution in [0.3, 0.4) is 0 Å². The van der Waals surface area contributed by atoms with Crippen LogP contribution in [0.4, 0.5) is 0 Å². The van der Waals surface area contributed by atoms with Gasteiger partial charge in [0, 0.05) is 23.8 Å². The standard InChI is InChI=1S/C9H10BrNO2S/c1-13-9-6(10)3-7(14-9)5-2-8(12)11-4-5/h3,5H,2,4H2,1H3,(H,11,12). The zero-order valence-electron chi connectivity index (χ0n) is 7.67.